The van der Waals surface area contributed by atoms with Gasteiger partial charge in [-0.3, -0.25) is 24.1 Å². The van der Waals surface area contributed by atoms with Crippen LogP contribution in [0.15, 0.2) is 18.2 Å². The lowest BCUT2D eigenvalue weighted by atomic mass is 9.99. The van der Waals surface area contributed by atoms with Crippen molar-refractivity contribution in [3.05, 3.63) is 29.3 Å². The van der Waals surface area contributed by atoms with E-state index in [0.717, 1.165) is 16.9 Å². The van der Waals surface area contributed by atoms with E-state index in [1.54, 1.807) is 0 Å². The standard InChI is InChI=1S/C18H21N3O4/c1-2-16(23)20-8-7-12-3-4-14(9-13(12)10-20)19-15(22)11-21-17(24)5-6-18(21)25/h3-4,9H,2,5-8,10-11H2,1H3,(H,19,22). The molecule has 3 rings (SSSR count). The Morgan fingerprint density at radius 3 is 2.48 bits per heavy atom. The number of benzene rings is 1. The number of carbonyl (C=O) groups is 4. The summed E-state index contributed by atoms with van der Waals surface area (Å²) in [6, 6.07) is 5.61. The van der Waals surface area contributed by atoms with Crippen molar-refractivity contribution in [3.63, 3.8) is 0 Å². The van der Waals surface area contributed by atoms with Gasteiger partial charge in [0.05, 0.1) is 0 Å². The highest BCUT2D eigenvalue weighted by atomic mass is 16.2. The van der Waals surface area contributed by atoms with Gasteiger partial charge in [-0.25, -0.2) is 0 Å². The summed E-state index contributed by atoms with van der Waals surface area (Å²) in [6.07, 6.45) is 1.62. The van der Waals surface area contributed by atoms with Gasteiger partial charge in [-0.15, -0.1) is 0 Å². The Labute approximate surface area is 146 Å². The first-order valence-electron chi connectivity index (χ1n) is 8.50. The first kappa shape index (κ1) is 17.1. The minimum Gasteiger partial charge on any atom is -0.338 e. The number of imide groups is 1. The van der Waals surface area contributed by atoms with Gasteiger partial charge in [-0.1, -0.05) is 13.0 Å². The van der Waals surface area contributed by atoms with Crippen LogP contribution >= 0.6 is 0 Å². The largest absolute Gasteiger partial charge is 0.338 e. The first-order valence-corrected chi connectivity index (χ1v) is 8.50. The smallest absolute Gasteiger partial charge is 0.244 e. The van der Waals surface area contributed by atoms with Crippen molar-refractivity contribution in [2.75, 3.05) is 18.4 Å². The Hall–Kier alpha value is -2.70. The molecule has 0 atom stereocenters. The van der Waals surface area contributed by atoms with Crippen LogP contribution in [0.2, 0.25) is 0 Å². The van der Waals surface area contributed by atoms with Gasteiger partial charge in [-0.05, 0) is 29.7 Å². The van der Waals surface area contributed by atoms with Crippen molar-refractivity contribution >= 4 is 29.3 Å². The van der Waals surface area contributed by atoms with Crippen LogP contribution in [0.4, 0.5) is 5.69 Å². The van der Waals surface area contributed by atoms with Crippen LogP contribution in [0.3, 0.4) is 0 Å². The van der Waals surface area contributed by atoms with E-state index in [1.807, 2.05) is 30.0 Å². The summed E-state index contributed by atoms with van der Waals surface area (Å²) >= 11 is 0. The zero-order valence-electron chi connectivity index (χ0n) is 14.2. The summed E-state index contributed by atoms with van der Waals surface area (Å²) < 4.78 is 0. The Kier molecular flexibility index (Phi) is 4.83. The van der Waals surface area contributed by atoms with Gasteiger partial charge in [0.15, 0.2) is 0 Å². The molecular formula is C18H21N3O4. The lowest BCUT2D eigenvalue weighted by molar-refractivity contribution is -0.141. The minimum atomic E-state index is -0.402. The lowest BCUT2D eigenvalue weighted by Crippen LogP contribution is -2.37. The molecule has 1 N–H and O–H groups in total. The quantitative estimate of drug-likeness (QED) is 0.829. The predicted molar refractivity (Wildman–Crippen MR) is 90.4 cm³/mol. The molecular weight excluding hydrogens is 322 g/mol. The summed E-state index contributed by atoms with van der Waals surface area (Å²) in [7, 11) is 0. The first-order chi connectivity index (χ1) is 12.0. The highest BCUT2D eigenvalue weighted by Gasteiger charge is 2.30. The third-order valence-corrected chi connectivity index (χ3v) is 4.61. The lowest BCUT2D eigenvalue weighted by Gasteiger charge is -2.29. The molecule has 2 heterocycles. The van der Waals surface area contributed by atoms with Crippen LogP contribution < -0.4 is 5.32 Å². The van der Waals surface area contributed by atoms with Crippen molar-refractivity contribution in [2.24, 2.45) is 0 Å². The Bertz CT molecular complexity index is 728. The number of anilines is 1. The molecule has 132 valence electrons. The number of nitrogens with one attached hydrogen (secondary N) is 1. The van der Waals surface area contributed by atoms with Crippen molar-refractivity contribution < 1.29 is 19.2 Å². The van der Waals surface area contributed by atoms with Crippen LogP contribution in [0.1, 0.15) is 37.3 Å². The van der Waals surface area contributed by atoms with E-state index in [9.17, 15) is 19.2 Å². The van der Waals surface area contributed by atoms with Crippen LogP contribution in [-0.2, 0) is 32.1 Å². The number of hydrogen-bond acceptors (Lipinski definition) is 4. The summed E-state index contributed by atoms with van der Waals surface area (Å²) in [5, 5.41) is 2.73. The molecule has 7 heteroatoms. The van der Waals surface area contributed by atoms with E-state index < -0.39 is 5.91 Å². The average Bonchev–Trinajstić information content (AvgIpc) is 2.92. The Balaban J connectivity index is 1.66. The summed E-state index contributed by atoms with van der Waals surface area (Å²) in [4.78, 5) is 50.0. The highest BCUT2D eigenvalue weighted by Crippen LogP contribution is 2.23. The number of amides is 4. The van der Waals surface area contributed by atoms with Gasteiger partial charge < -0.3 is 10.2 Å². The van der Waals surface area contributed by atoms with Gasteiger partial charge in [-0.2, -0.15) is 0 Å². The van der Waals surface area contributed by atoms with E-state index in [0.29, 0.717) is 25.2 Å². The number of likely N-dealkylation sites (tertiary alicyclic amines) is 1. The molecule has 25 heavy (non-hydrogen) atoms. The van der Waals surface area contributed by atoms with Gasteiger partial charge >= 0.3 is 0 Å². The molecule has 0 radical (unpaired) electrons. The molecule has 0 saturated carbocycles. The summed E-state index contributed by atoms with van der Waals surface area (Å²) in [6.45, 7) is 2.84. The van der Waals surface area contributed by atoms with Gasteiger partial charge in [0.25, 0.3) is 0 Å². The molecule has 1 aromatic rings. The summed E-state index contributed by atoms with van der Waals surface area (Å²) in [5.74, 6) is -0.898. The van der Waals surface area contributed by atoms with E-state index in [2.05, 4.69) is 5.32 Å². The Morgan fingerprint density at radius 2 is 1.80 bits per heavy atom. The van der Waals surface area contributed by atoms with Crippen LogP contribution in [0.25, 0.3) is 0 Å². The normalized spacial score (nSPS) is 16.8. The second kappa shape index (κ2) is 7.04. The fraction of sp³-hybridized carbons (Fsp3) is 0.444. The topological polar surface area (TPSA) is 86.8 Å². The summed E-state index contributed by atoms with van der Waals surface area (Å²) in [5.41, 5.74) is 2.79. The molecule has 0 aromatic heterocycles. The maximum absolute atomic E-state index is 12.1. The molecule has 0 bridgehead atoms. The van der Waals surface area contributed by atoms with Gasteiger partial charge in [0, 0.05) is 38.0 Å². The molecule has 1 fully saturated rings. The maximum atomic E-state index is 12.1. The van der Waals surface area contributed by atoms with Crippen molar-refractivity contribution in [2.45, 2.75) is 39.2 Å². The average molecular weight is 343 g/mol. The fourth-order valence-corrected chi connectivity index (χ4v) is 3.21. The fourth-order valence-electron chi connectivity index (χ4n) is 3.21. The second-order valence-corrected chi connectivity index (χ2v) is 6.32. The van der Waals surface area contributed by atoms with Crippen molar-refractivity contribution in [1.82, 2.24) is 9.80 Å². The SMILES string of the molecule is CCC(=O)N1CCc2ccc(NC(=O)CN3C(=O)CCC3=O)cc2C1. The molecule has 7 nitrogen and oxygen atoms in total. The van der Waals surface area contributed by atoms with Crippen LogP contribution in [-0.4, -0.2) is 46.5 Å². The monoisotopic (exact) mass is 343 g/mol. The molecule has 1 saturated heterocycles. The van der Waals surface area contributed by atoms with E-state index >= 15 is 0 Å². The zero-order valence-corrected chi connectivity index (χ0v) is 14.2. The number of hydrogen-bond donors (Lipinski definition) is 1. The van der Waals surface area contributed by atoms with E-state index in [1.165, 1.54) is 5.56 Å². The highest BCUT2D eigenvalue weighted by molar-refractivity contribution is 6.06. The Morgan fingerprint density at radius 1 is 1.08 bits per heavy atom. The number of nitrogens with zero attached hydrogens (tertiary/aromatic N) is 2. The minimum absolute atomic E-state index is 0.117. The van der Waals surface area contributed by atoms with Gasteiger partial charge in [0.2, 0.25) is 23.6 Å². The van der Waals surface area contributed by atoms with Crippen LogP contribution in [0.5, 0.6) is 0 Å². The molecule has 0 spiro atoms. The second-order valence-electron chi connectivity index (χ2n) is 6.32. The third-order valence-electron chi connectivity index (χ3n) is 4.61. The van der Waals surface area contributed by atoms with E-state index in [-0.39, 0.29) is 37.1 Å². The number of fused-ring (bicyclic) bond motifs is 1. The molecule has 2 aliphatic rings. The molecule has 0 unspecified atom stereocenters. The maximum Gasteiger partial charge on any atom is 0.244 e. The van der Waals surface area contributed by atoms with Crippen molar-refractivity contribution in [3.8, 4) is 0 Å². The van der Waals surface area contributed by atoms with Crippen LogP contribution in [0, 0.1) is 0 Å². The number of rotatable bonds is 4. The third kappa shape index (κ3) is 3.70. The number of carbonyl (C=O) groups excluding carboxylic acids is 4. The van der Waals surface area contributed by atoms with Crippen molar-refractivity contribution in [1.29, 1.82) is 0 Å². The molecule has 0 aliphatic carbocycles. The zero-order chi connectivity index (χ0) is 18.0. The molecule has 4 amide bonds. The molecule has 1 aromatic carbocycles. The van der Waals surface area contributed by atoms with E-state index in [4.69, 9.17) is 0 Å². The van der Waals surface area contributed by atoms with Gasteiger partial charge in [0.1, 0.15) is 6.54 Å². The predicted octanol–water partition coefficient (Wildman–Crippen LogP) is 1.07. The molecule has 2 aliphatic heterocycles.